The molecule has 0 heterocycles. The maximum atomic E-state index is 12.3. The fourth-order valence-electron chi connectivity index (χ4n) is 3.06. The van der Waals surface area contributed by atoms with Gasteiger partial charge < -0.3 is 16.4 Å². The van der Waals surface area contributed by atoms with Gasteiger partial charge in [-0.05, 0) is 25.0 Å². The van der Waals surface area contributed by atoms with Gasteiger partial charge in [0, 0.05) is 10.9 Å². The Morgan fingerprint density at radius 3 is 2.38 bits per heavy atom. The lowest BCUT2D eigenvalue weighted by molar-refractivity contribution is -0.119. The van der Waals surface area contributed by atoms with Crippen molar-refractivity contribution in [2.24, 2.45) is 5.73 Å². The van der Waals surface area contributed by atoms with Crippen LogP contribution in [0.4, 0.5) is 0 Å². The Bertz CT molecular complexity index is 628. The van der Waals surface area contributed by atoms with Gasteiger partial charge in [-0.2, -0.15) is 0 Å². The van der Waals surface area contributed by atoms with E-state index in [2.05, 4.69) is 10.6 Å². The molecule has 0 bridgehead atoms. The van der Waals surface area contributed by atoms with Crippen LogP contribution in [0.1, 0.15) is 55.3 Å². The molecule has 1 aromatic rings. The molecule has 1 aliphatic carbocycles. The Labute approximate surface area is 158 Å². The highest BCUT2D eigenvalue weighted by Crippen LogP contribution is 2.23. The maximum absolute atomic E-state index is 12.3. The molecule has 0 atom stereocenters. The van der Waals surface area contributed by atoms with Crippen LogP contribution in [-0.2, 0) is 9.59 Å². The lowest BCUT2D eigenvalue weighted by Gasteiger charge is -2.21. The first kappa shape index (κ1) is 20.3. The SMILES string of the molecule is NC(=O)CNC(=O)c1ccccc1SCC(=O)NC1CCCCCCC1. The predicted octanol–water partition coefficient (Wildman–Crippen LogP) is 2.22. The first-order valence-electron chi connectivity index (χ1n) is 9.14. The summed E-state index contributed by atoms with van der Waals surface area (Å²) in [6.07, 6.45) is 8.21. The molecule has 4 N–H and O–H groups in total. The highest BCUT2D eigenvalue weighted by atomic mass is 32.2. The Morgan fingerprint density at radius 2 is 1.69 bits per heavy atom. The largest absolute Gasteiger partial charge is 0.368 e. The van der Waals surface area contributed by atoms with E-state index in [1.807, 2.05) is 6.07 Å². The molecule has 1 fully saturated rings. The zero-order valence-corrected chi connectivity index (χ0v) is 15.8. The second kappa shape index (κ2) is 10.9. The molecule has 2 rings (SSSR count). The summed E-state index contributed by atoms with van der Waals surface area (Å²) in [5.74, 6) is -0.710. The van der Waals surface area contributed by atoms with Crippen molar-refractivity contribution in [2.75, 3.05) is 12.3 Å². The number of amides is 3. The van der Waals surface area contributed by atoms with Gasteiger partial charge in [-0.1, -0.05) is 44.2 Å². The zero-order chi connectivity index (χ0) is 18.8. The standard InChI is InChI=1S/C19H27N3O3S/c20-17(23)12-21-19(25)15-10-6-7-11-16(15)26-13-18(24)22-14-8-4-2-1-3-5-9-14/h6-7,10-11,14H,1-5,8-9,12-13H2,(H2,20,23)(H,21,25)(H,22,24). The van der Waals surface area contributed by atoms with Crippen molar-refractivity contribution in [3.8, 4) is 0 Å². The summed E-state index contributed by atoms with van der Waals surface area (Å²) in [5, 5.41) is 5.60. The molecule has 142 valence electrons. The molecule has 1 aliphatic rings. The first-order chi connectivity index (χ1) is 12.6. The molecular formula is C19H27N3O3S. The molecule has 0 aliphatic heterocycles. The molecule has 0 spiro atoms. The average Bonchev–Trinajstić information content (AvgIpc) is 2.60. The third-order valence-corrected chi connectivity index (χ3v) is 5.46. The van der Waals surface area contributed by atoms with E-state index in [1.54, 1.807) is 18.2 Å². The first-order valence-corrected chi connectivity index (χ1v) is 10.1. The number of nitrogens with two attached hydrogens (primary N) is 1. The van der Waals surface area contributed by atoms with Crippen molar-refractivity contribution >= 4 is 29.5 Å². The van der Waals surface area contributed by atoms with Gasteiger partial charge >= 0.3 is 0 Å². The molecular weight excluding hydrogens is 350 g/mol. The van der Waals surface area contributed by atoms with Crippen LogP contribution in [0.15, 0.2) is 29.2 Å². The lowest BCUT2D eigenvalue weighted by atomic mass is 9.97. The molecule has 26 heavy (non-hydrogen) atoms. The number of hydrogen-bond donors (Lipinski definition) is 3. The summed E-state index contributed by atoms with van der Waals surface area (Å²) >= 11 is 1.33. The fraction of sp³-hybridized carbons (Fsp3) is 0.526. The topological polar surface area (TPSA) is 101 Å². The van der Waals surface area contributed by atoms with Crippen LogP contribution in [-0.4, -0.2) is 36.1 Å². The fourth-order valence-corrected chi connectivity index (χ4v) is 3.92. The Morgan fingerprint density at radius 1 is 1.04 bits per heavy atom. The van der Waals surface area contributed by atoms with Gasteiger partial charge in [0.2, 0.25) is 11.8 Å². The molecule has 7 heteroatoms. The number of carbonyl (C=O) groups is 3. The summed E-state index contributed by atoms with van der Waals surface area (Å²) in [6, 6.07) is 7.30. The van der Waals surface area contributed by atoms with Crippen molar-refractivity contribution in [2.45, 2.75) is 55.9 Å². The van der Waals surface area contributed by atoms with Gasteiger partial charge in [0.25, 0.3) is 5.91 Å². The number of benzene rings is 1. The van der Waals surface area contributed by atoms with E-state index in [0.717, 1.165) is 12.8 Å². The predicted molar refractivity (Wildman–Crippen MR) is 103 cm³/mol. The van der Waals surface area contributed by atoms with E-state index < -0.39 is 5.91 Å². The van der Waals surface area contributed by atoms with Crippen LogP contribution >= 0.6 is 11.8 Å². The van der Waals surface area contributed by atoms with Crippen LogP contribution in [0.3, 0.4) is 0 Å². The number of hydrogen-bond acceptors (Lipinski definition) is 4. The minimum atomic E-state index is -0.595. The lowest BCUT2D eigenvalue weighted by Crippen LogP contribution is -2.36. The van der Waals surface area contributed by atoms with E-state index in [0.29, 0.717) is 10.5 Å². The van der Waals surface area contributed by atoms with Crippen molar-refractivity contribution in [1.82, 2.24) is 10.6 Å². The molecule has 0 unspecified atom stereocenters. The van der Waals surface area contributed by atoms with Crippen LogP contribution in [0, 0.1) is 0 Å². The average molecular weight is 378 g/mol. The van der Waals surface area contributed by atoms with E-state index in [1.165, 1.54) is 43.9 Å². The quantitative estimate of drug-likeness (QED) is 0.634. The number of carbonyl (C=O) groups excluding carboxylic acids is 3. The third kappa shape index (κ3) is 7.07. The van der Waals surface area contributed by atoms with Crippen LogP contribution < -0.4 is 16.4 Å². The third-order valence-electron chi connectivity index (χ3n) is 4.38. The second-order valence-electron chi connectivity index (χ2n) is 6.54. The molecule has 0 radical (unpaired) electrons. The second-order valence-corrected chi connectivity index (χ2v) is 7.56. The molecule has 3 amide bonds. The van der Waals surface area contributed by atoms with Gasteiger partial charge in [0.05, 0.1) is 17.9 Å². The van der Waals surface area contributed by atoms with Crippen molar-refractivity contribution in [3.05, 3.63) is 29.8 Å². The van der Waals surface area contributed by atoms with E-state index >= 15 is 0 Å². The zero-order valence-electron chi connectivity index (χ0n) is 15.0. The Hall–Kier alpha value is -2.02. The van der Waals surface area contributed by atoms with Crippen molar-refractivity contribution in [1.29, 1.82) is 0 Å². The van der Waals surface area contributed by atoms with E-state index in [9.17, 15) is 14.4 Å². The maximum Gasteiger partial charge on any atom is 0.252 e. The van der Waals surface area contributed by atoms with Gasteiger partial charge in [0.1, 0.15) is 0 Å². The summed E-state index contributed by atoms with van der Waals surface area (Å²) in [7, 11) is 0. The summed E-state index contributed by atoms with van der Waals surface area (Å²) in [5.41, 5.74) is 5.50. The number of primary amides is 1. The Balaban J connectivity index is 1.87. The van der Waals surface area contributed by atoms with Crippen LogP contribution in [0.2, 0.25) is 0 Å². The smallest absolute Gasteiger partial charge is 0.252 e. The van der Waals surface area contributed by atoms with Gasteiger partial charge in [-0.25, -0.2) is 0 Å². The Kier molecular flexibility index (Phi) is 8.47. The van der Waals surface area contributed by atoms with Gasteiger partial charge in [-0.3, -0.25) is 14.4 Å². The summed E-state index contributed by atoms with van der Waals surface area (Å²) in [6.45, 7) is -0.208. The van der Waals surface area contributed by atoms with Crippen LogP contribution in [0.25, 0.3) is 0 Å². The summed E-state index contributed by atoms with van der Waals surface area (Å²) in [4.78, 5) is 36.0. The normalized spacial score (nSPS) is 15.5. The monoisotopic (exact) mass is 377 g/mol. The molecule has 1 aromatic carbocycles. The van der Waals surface area contributed by atoms with Gasteiger partial charge in [0.15, 0.2) is 0 Å². The highest BCUT2D eigenvalue weighted by Gasteiger charge is 2.16. The minimum Gasteiger partial charge on any atom is -0.368 e. The molecule has 1 saturated carbocycles. The van der Waals surface area contributed by atoms with E-state index in [-0.39, 0.29) is 30.2 Å². The van der Waals surface area contributed by atoms with Crippen molar-refractivity contribution < 1.29 is 14.4 Å². The molecule has 6 nitrogen and oxygen atoms in total. The van der Waals surface area contributed by atoms with Crippen LogP contribution in [0.5, 0.6) is 0 Å². The number of rotatable bonds is 7. The summed E-state index contributed by atoms with van der Waals surface area (Å²) < 4.78 is 0. The highest BCUT2D eigenvalue weighted by molar-refractivity contribution is 8.00. The van der Waals surface area contributed by atoms with E-state index in [4.69, 9.17) is 5.73 Å². The minimum absolute atomic E-state index is 0.00655. The molecule has 0 saturated heterocycles. The van der Waals surface area contributed by atoms with Crippen molar-refractivity contribution in [3.63, 3.8) is 0 Å². The molecule has 0 aromatic heterocycles. The number of thioether (sulfide) groups is 1. The number of nitrogens with one attached hydrogen (secondary N) is 2. The van der Waals surface area contributed by atoms with Gasteiger partial charge in [-0.15, -0.1) is 11.8 Å².